The van der Waals surface area contributed by atoms with Crippen LogP contribution in [0.3, 0.4) is 0 Å². The molecule has 0 heterocycles. The molecular weight excluding hydrogens is 518 g/mol. The Morgan fingerprint density at radius 1 is 0.950 bits per heavy atom. The number of amides is 4. The molecule has 0 aromatic heterocycles. The van der Waals surface area contributed by atoms with Crippen molar-refractivity contribution in [2.45, 2.75) is 78.1 Å². The van der Waals surface area contributed by atoms with Crippen LogP contribution in [0, 0.1) is 17.2 Å². The Morgan fingerprint density at radius 3 is 2.15 bits per heavy atom. The first-order valence-electron chi connectivity index (χ1n) is 13.3. The molecule has 0 saturated carbocycles. The highest BCUT2D eigenvalue weighted by atomic mass is 16.5. The normalized spacial score (nSPS) is 13.7. The van der Waals surface area contributed by atoms with Crippen molar-refractivity contribution >= 4 is 35.6 Å². The number of carbonyl (C=O) groups is 5. The van der Waals surface area contributed by atoms with Crippen molar-refractivity contribution in [3.63, 3.8) is 0 Å². The predicted octanol–water partition coefficient (Wildman–Crippen LogP) is 0.661. The summed E-state index contributed by atoms with van der Waals surface area (Å²) in [6.07, 6.45) is 0.382. The van der Waals surface area contributed by atoms with Crippen molar-refractivity contribution in [3.8, 4) is 0 Å². The van der Waals surface area contributed by atoms with E-state index in [-0.39, 0.29) is 37.9 Å². The largest absolute Gasteiger partial charge is 0.445 e. The van der Waals surface area contributed by atoms with Crippen LogP contribution in [0.1, 0.15) is 58.9 Å². The van der Waals surface area contributed by atoms with E-state index in [2.05, 4.69) is 21.3 Å². The fourth-order valence-corrected chi connectivity index (χ4v) is 3.75. The maximum atomic E-state index is 13.2. The maximum Gasteiger partial charge on any atom is 0.408 e. The molecule has 0 bridgehead atoms. The Bertz CT molecular complexity index is 1020. The Kier molecular flexibility index (Phi) is 14.8. The molecule has 0 spiro atoms. The molecule has 40 heavy (non-hydrogen) atoms. The fourth-order valence-electron chi connectivity index (χ4n) is 3.75. The second-order valence-corrected chi connectivity index (χ2v) is 10.0. The zero-order valence-corrected chi connectivity index (χ0v) is 23.6. The number of guanidine groups is 1. The molecule has 13 heteroatoms. The minimum Gasteiger partial charge on any atom is -0.445 e. The highest BCUT2D eigenvalue weighted by Gasteiger charge is 2.35. The number of benzene rings is 1. The molecule has 0 aliphatic rings. The van der Waals surface area contributed by atoms with Gasteiger partial charge in [-0.15, -0.1) is 0 Å². The number of hydrogen-bond donors (Lipinski definition) is 7. The van der Waals surface area contributed by atoms with Crippen LogP contribution in [0.15, 0.2) is 30.3 Å². The summed E-state index contributed by atoms with van der Waals surface area (Å²) in [5.41, 5.74) is 11.4. The van der Waals surface area contributed by atoms with Gasteiger partial charge in [-0.1, -0.05) is 64.4 Å². The number of nitrogens with two attached hydrogens (primary N) is 2. The lowest BCUT2D eigenvalue weighted by molar-refractivity contribution is -0.142. The highest BCUT2D eigenvalue weighted by Crippen LogP contribution is 2.12. The van der Waals surface area contributed by atoms with Gasteiger partial charge in [0.05, 0.1) is 6.04 Å². The second kappa shape index (κ2) is 17.4. The molecule has 13 nitrogen and oxygen atoms in total. The zero-order valence-electron chi connectivity index (χ0n) is 23.6. The lowest BCUT2D eigenvalue weighted by Gasteiger charge is -2.27. The van der Waals surface area contributed by atoms with Crippen molar-refractivity contribution in [1.29, 1.82) is 5.41 Å². The Hall–Kier alpha value is -4.16. The summed E-state index contributed by atoms with van der Waals surface area (Å²) in [5, 5.41) is 17.2. The molecular formula is C27H43N7O6. The van der Waals surface area contributed by atoms with E-state index in [4.69, 9.17) is 21.6 Å². The van der Waals surface area contributed by atoms with Crippen LogP contribution in [0.5, 0.6) is 0 Å². The molecule has 0 aliphatic carbocycles. The molecule has 4 atom stereocenters. The van der Waals surface area contributed by atoms with E-state index in [0.29, 0.717) is 12.8 Å². The lowest BCUT2D eigenvalue weighted by atomic mass is 9.93. The minimum absolute atomic E-state index is 0.0139. The number of rotatable bonds is 17. The summed E-state index contributed by atoms with van der Waals surface area (Å²) >= 11 is 0. The van der Waals surface area contributed by atoms with Crippen molar-refractivity contribution in [2.24, 2.45) is 23.3 Å². The quantitative estimate of drug-likeness (QED) is 0.0618. The van der Waals surface area contributed by atoms with E-state index in [9.17, 15) is 24.0 Å². The number of primary amides is 1. The molecule has 222 valence electrons. The third-order valence-corrected chi connectivity index (χ3v) is 6.18. The maximum absolute atomic E-state index is 13.2. The van der Waals surface area contributed by atoms with Crippen LogP contribution in [-0.4, -0.2) is 60.2 Å². The van der Waals surface area contributed by atoms with E-state index >= 15 is 0 Å². The number of nitrogens with one attached hydrogen (secondary N) is 5. The highest BCUT2D eigenvalue weighted by molar-refractivity contribution is 6.38. The number of carbonyl (C=O) groups excluding carboxylic acids is 5. The van der Waals surface area contributed by atoms with Crippen LogP contribution in [0.25, 0.3) is 0 Å². The molecule has 9 N–H and O–H groups in total. The van der Waals surface area contributed by atoms with Crippen molar-refractivity contribution in [3.05, 3.63) is 35.9 Å². The molecule has 0 aliphatic heterocycles. The number of ketones is 1. The van der Waals surface area contributed by atoms with Crippen LogP contribution in [0.4, 0.5) is 4.79 Å². The van der Waals surface area contributed by atoms with Gasteiger partial charge in [0.2, 0.25) is 17.6 Å². The van der Waals surface area contributed by atoms with Gasteiger partial charge < -0.3 is 37.5 Å². The van der Waals surface area contributed by atoms with Gasteiger partial charge in [0.1, 0.15) is 18.7 Å². The number of alkyl carbamates (subject to hydrolysis) is 1. The van der Waals surface area contributed by atoms with Gasteiger partial charge in [-0.25, -0.2) is 4.79 Å². The molecule has 1 aromatic rings. The monoisotopic (exact) mass is 561 g/mol. The first kappa shape index (κ1) is 33.9. The van der Waals surface area contributed by atoms with Gasteiger partial charge in [-0.2, -0.15) is 0 Å². The van der Waals surface area contributed by atoms with E-state index in [0.717, 1.165) is 5.56 Å². The smallest absolute Gasteiger partial charge is 0.408 e. The molecule has 1 rings (SSSR count). The zero-order chi connectivity index (χ0) is 30.2. The van der Waals surface area contributed by atoms with Crippen LogP contribution >= 0.6 is 0 Å². The van der Waals surface area contributed by atoms with E-state index in [1.165, 1.54) is 0 Å². The molecule has 0 saturated heterocycles. The molecule has 4 amide bonds. The first-order chi connectivity index (χ1) is 18.8. The summed E-state index contributed by atoms with van der Waals surface area (Å²) in [7, 11) is 0. The SMILES string of the molecule is CC[C@H](C)C(NC(=O)[C@H](CC(C)C)NC(=O)OCc1ccccc1)C(=O)C(=O)N[C@@H](CCCNC(=N)N)C(N)=O. The van der Waals surface area contributed by atoms with Crippen molar-refractivity contribution < 1.29 is 28.7 Å². The number of ether oxygens (including phenoxy) is 1. The molecule has 0 radical (unpaired) electrons. The predicted molar refractivity (Wildman–Crippen MR) is 150 cm³/mol. The van der Waals surface area contributed by atoms with Gasteiger partial charge in [-0.05, 0) is 36.7 Å². The third-order valence-electron chi connectivity index (χ3n) is 6.18. The first-order valence-corrected chi connectivity index (χ1v) is 13.3. The van der Waals surface area contributed by atoms with Crippen LogP contribution in [-0.2, 0) is 30.5 Å². The van der Waals surface area contributed by atoms with Crippen molar-refractivity contribution in [1.82, 2.24) is 21.3 Å². The van der Waals surface area contributed by atoms with Gasteiger partial charge in [0.15, 0.2) is 5.96 Å². The van der Waals surface area contributed by atoms with E-state index < -0.39 is 53.6 Å². The summed E-state index contributed by atoms with van der Waals surface area (Å²) in [5.74, 6) is -4.13. The van der Waals surface area contributed by atoms with E-state index in [1.54, 1.807) is 26.0 Å². The summed E-state index contributed by atoms with van der Waals surface area (Å²) in [6, 6.07) is 5.70. The summed E-state index contributed by atoms with van der Waals surface area (Å²) < 4.78 is 5.24. The van der Waals surface area contributed by atoms with Crippen molar-refractivity contribution in [2.75, 3.05) is 6.54 Å². The van der Waals surface area contributed by atoms with Gasteiger partial charge in [0, 0.05) is 6.54 Å². The van der Waals surface area contributed by atoms with Gasteiger partial charge >= 0.3 is 6.09 Å². The number of hydrogen-bond acceptors (Lipinski definition) is 7. The Labute approximate surface area is 235 Å². The second-order valence-electron chi connectivity index (χ2n) is 10.0. The lowest BCUT2D eigenvalue weighted by Crippen LogP contribution is -2.57. The molecule has 1 unspecified atom stereocenters. The fraction of sp³-hybridized carbons (Fsp3) is 0.556. The summed E-state index contributed by atoms with van der Waals surface area (Å²) in [4.78, 5) is 63.5. The molecule has 0 fully saturated rings. The molecule has 1 aromatic carbocycles. The van der Waals surface area contributed by atoms with Gasteiger partial charge in [0.25, 0.3) is 5.91 Å². The Morgan fingerprint density at radius 2 is 1.60 bits per heavy atom. The third kappa shape index (κ3) is 12.6. The van der Waals surface area contributed by atoms with E-state index in [1.807, 2.05) is 32.0 Å². The average molecular weight is 562 g/mol. The number of Topliss-reactive ketones (excluding diaryl/α,β-unsaturated/α-hetero) is 1. The van der Waals surface area contributed by atoms with Gasteiger partial charge in [-0.3, -0.25) is 24.6 Å². The topological polar surface area (TPSA) is 219 Å². The standard InChI is InChI=1S/C27H43N7O6/c1-5-17(4)21(22(35)25(38)32-19(23(28)36)12-9-13-31-26(29)30)34-24(37)20(14-16(2)3)33-27(39)40-15-18-10-7-6-8-11-18/h6-8,10-11,16-17,19-21H,5,9,12-15H2,1-4H3,(H2,28,36)(H,32,38)(H,33,39)(H,34,37)(H4,29,30,31)/t17-,19-,20-,21?/m0/s1. The van der Waals surface area contributed by atoms with Crippen LogP contribution < -0.4 is 32.7 Å². The Balaban J connectivity index is 2.91. The minimum atomic E-state index is -1.21. The van der Waals surface area contributed by atoms with Crippen LogP contribution in [0.2, 0.25) is 0 Å². The average Bonchev–Trinajstić information content (AvgIpc) is 2.90. The summed E-state index contributed by atoms with van der Waals surface area (Å²) in [6.45, 7) is 7.53.